The van der Waals surface area contributed by atoms with Gasteiger partial charge in [0, 0.05) is 21.8 Å². The second-order valence-corrected chi connectivity index (χ2v) is 7.96. The van der Waals surface area contributed by atoms with Crippen LogP contribution >= 0.6 is 34.8 Å². The number of hydrogen-bond acceptors (Lipinski definition) is 4. The molecule has 0 fully saturated rings. The highest BCUT2D eigenvalue weighted by Gasteiger charge is 2.14. The number of nitrogens with one attached hydrogen (secondary N) is 1. The molecule has 2 heterocycles. The first kappa shape index (κ1) is 22.2. The van der Waals surface area contributed by atoms with E-state index in [9.17, 15) is 9.18 Å². The van der Waals surface area contributed by atoms with Crippen molar-refractivity contribution >= 4 is 46.4 Å². The van der Waals surface area contributed by atoms with E-state index in [0.29, 0.717) is 37.8 Å². The maximum Gasteiger partial charge on any atom is 0.291 e. The Hall–Kier alpha value is -3.00. The molecule has 0 aliphatic carbocycles. The van der Waals surface area contributed by atoms with Gasteiger partial charge in [0.05, 0.1) is 23.5 Å². The van der Waals surface area contributed by atoms with Gasteiger partial charge in [0.2, 0.25) is 0 Å². The van der Waals surface area contributed by atoms with Crippen molar-refractivity contribution in [3.05, 3.63) is 98.9 Å². The van der Waals surface area contributed by atoms with Crippen molar-refractivity contribution in [1.29, 1.82) is 0 Å². The lowest BCUT2D eigenvalue weighted by Gasteiger charge is -2.06. The van der Waals surface area contributed by atoms with Crippen LogP contribution in [0.3, 0.4) is 0 Å². The van der Waals surface area contributed by atoms with Gasteiger partial charge in [-0.15, -0.1) is 0 Å². The Morgan fingerprint density at radius 1 is 1.12 bits per heavy atom. The number of amides is 1. The van der Waals surface area contributed by atoms with Crippen molar-refractivity contribution in [1.82, 2.24) is 9.78 Å². The lowest BCUT2D eigenvalue weighted by atomic mass is 10.2. The van der Waals surface area contributed by atoms with Crippen LogP contribution in [-0.4, -0.2) is 15.7 Å². The predicted molar refractivity (Wildman–Crippen MR) is 120 cm³/mol. The molecule has 0 radical (unpaired) electrons. The molecule has 10 heteroatoms. The van der Waals surface area contributed by atoms with E-state index >= 15 is 0 Å². The number of aromatic nitrogens is 2. The first-order valence-corrected chi connectivity index (χ1v) is 10.5. The first-order valence-electron chi connectivity index (χ1n) is 9.32. The first-order chi connectivity index (χ1) is 15.4. The van der Waals surface area contributed by atoms with Gasteiger partial charge in [-0.1, -0.05) is 40.9 Å². The molecule has 32 heavy (non-hydrogen) atoms. The lowest BCUT2D eigenvalue weighted by molar-refractivity contribution is 0.0992. The molecule has 2 aromatic carbocycles. The summed E-state index contributed by atoms with van der Waals surface area (Å²) in [4.78, 5) is 12.5. The Labute approximate surface area is 197 Å². The SMILES string of the molecule is O=C(Nc1cnn(Cc2c(F)cccc2Cl)c1)c1ccc(COc2ccc(Cl)cc2Cl)o1. The minimum Gasteiger partial charge on any atom is -0.484 e. The fourth-order valence-corrected chi connectivity index (χ4v) is 3.56. The van der Waals surface area contributed by atoms with Crippen LogP contribution in [0.1, 0.15) is 21.9 Å². The summed E-state index contributed by atoms with van der Waals surface area (Å²) in [7, 11) is 0. The molecule has 0 aliphatic rings. The number of carbonyl (C=O) groups is 1. The standard InChI is InChI=1S/C22H15Cl3FN3O3/c23-13-4-6-20(18(25)8-13)31-12-15-5-7-21(32-15)22(30)28-14-9-27-29(10-14)11-16-17(24)2-1-3-19(16)26/h1-10H,11-12H2,(H,28,30). The molecule has 6 nitrogen and oxygen atoms in total. The smallest absolute Gasteiger partial charge is 0.291 e. The predicted octanol–water partition coefficient (Wildman–Crippen LogP) is 6.46. The number of carbonyl (C=O) groups excluding carboxylic acids is 1. The monoisotopic (exact) mass is 493 g/mol. The van der Waals surface area contributed by atoms with Crippen LogP contribution in [0.15, 0.2) is 65.3 Å². The van der Waals surface area contributed by atoms with Crippen LogP contribution in [-0.2, 0) is 13.2 Å². The van der Waals surface area contributed by atoms with Gasteiger partial charge in [-0.3, -0.25) is 9.48 Å². The van der Waals surface area contributed by atoms with Gasteiger partial charge in [-0.05, 0) is 42.5 Å². The molecular weight excluding hydrogens is 480 g/mol. The number of halogens is 4. The number of rotatable bonds is 7. The number of hydrogen-bond donors (Lipinski definition) is 1. The van der Waals surface area contributed by atoms with E-state index in [0.717, 1.165) is 0 Å². The van der Waals surface area contributed by atoms with Crippen molar-refractivity contribution in [2.45, 2.75) is 13.2 Å². The minimum absolute atomic E-state index is 0.0793. The molecule has 0 aliphatic heterocycles. The number of ether oxygens (including phenoxy) is 1. The van der Waals surface area contributed by atoms with Gasteiger partial charge in [-0.25, -0.2) is 4.39 Å². The molecule has 4 rings (SSSR count). The topological polar surface area (TPSA) is 69.3 Å². The van der Waals surface area contributed by atoms with Gasteiger partial charge in [0.1, 0.15) is 23.9 Å². The molecule has 4 aromatic rings. The fourth-order valence-electron chi connectivity index (χ4n) is 2.87. The fraction of sp³-hybridized carbons (Fsp3) is 0.0909. The largest absolute Gasteiger partial charge is 0.484 e. The number of nitrogens with zero attached hydrogens (tertiary/aromatic N) is 2. The third-order valence-corrected chi connectivity index (χ3v) is 5.31. The summed E-state index contributed by atoms with van der Waals surface area (Å²) in [6.07, 6.45) is 3.01. The summed E-state index contributed by atoms with van der Waals surface area (Å²) in [5.41, 5.74) is 0.733. The van der Waals surface area contributed by atoms with Crippen LogP contribution in [0.2, 0.25) is 15.1 Å². The molecule has 164 valence electrons. The van der Waals surface area contributed by atoms with Crippen molar-refractivity contribution in [3.8, 4) is 5.75 Å². The Bertz CT molecular complexity index is 1250. The number of anilines is 1. The Morgan fingerprint density at radius 2 is 1.97 bits per heavy atom. The van der Waals surface area contributed by atoms with E-state index in [1.165, 1.54) is 29.1 Å². The van der Waals surface area contributed by atoms with E-state index in [4.69, 9.17) is 44.0 Å². The second-order valence-electron chi connectivity index (χ2n) is 6.71. The Balaban J connectivity index is 1.36. The summed E-state index contributed by atoms with van der Waals surface area (Å²) in [5.74, 6) is 0.0793. The van der Waals surface area contributed by atoms with E-state index in [1.807, 2.05) is 0 Å². The highest BCUT2D eigenvalue weighted by Crippen LogP contribution is 2.28. The van der Waals surface area contributed by atoms with Crippen molar-refractivity contribution in [3.63, 3.8) is 0 Å². The highest BCUT2D eigenvalue weighted by molar-refractivity contribution is 6.35. The van der Waals surface area contributed by atoms with Gasteiger partial charge in [-0.2, -0.15) is 5.10 Å². The normalized spacial score (nSPS) is 10.9. The van der Waals surface area contributed by atoms with E-state index in [-0.39, 0.29) is 18.9 Å². The molecule has 1 amide bonds. The minimum atomic E-state index is -0.468. The van der Waals surface area contributed by atoms with Crippen LogP contribution in [0.4, 0.5) is 10.1 Å². The zero-order chi connectivity index (χ0) is 22.7. The zero-order valence-electron chi connectivity index (χ0n) is 16.3. The molecule has 0 atom stereocenters. The summed E-state index contributed by atoms with van der Waals surface area (Å²) in [6, 6.07) is 12.5. The summed E-state index contributed by atoms with van der Waals surface area (Å²) >= 11 is 18.0. The maximum atomic E-state index is 14.0. The maximum absolute atomic E-state index is 14.0. The lowest BCUT2D eigenvalue weighted by Crippen LogP contribution is -2.10. The summed E-state index contributed by atoms with van der Waals surface area (Å²) in [6.45, 7) is 0.201. The zero-order valence-corrected chi connectivity index (χ0v) is 18.6. The number of benzene rings is 2. The van der Waals surface area contributed by atoms with Crippen LogP contribution in [0.25, 0.3) is 0 Å². The third-order valence-electron chi connectivity index (χ3n) is 4.42. The second kappa shape index (κ2) is 9.65. The van der Waals surface area contributed by atoms with Crippen molar-refractivity contribution < 1.29 is 18.3 Å². The third kappa shape index (κ3) is 5.24. The van der Waals surface area contributed by atoms with Crippen molar-refractivity contribution in [2.75, 3.05) is 5.32 Å². The molecular formula is C22H15Cl3FN3O3. The molecule has 0 saturated heterocycles. The highest BCUT2D eigenvalue weighted by atomic mass is 35.5. The molecule has 1 N–H and O–H groups in total. The Kier molecular flexibility index (Phi) is 6.69. The average molecular weight is 495 g/mol. The quantitative estimate of drug-likeness (QED) is 0.320. The average Bonchev–Trinajstić information content (AvgIpc) is 3.40. The van der Waals surface area contributed by atoms with E-state index in [1.54, 1.807) is 36.5 Å². The van der Waals surface area contributed by atoms with E-state index < -0.39 is 11.7 Å². The van der Waals surface area contributed by atoms with Crippen molar-refractivity contribution in [2.24, 2.45) is 0 Å². The Morgan fingerprint density at radius 3 is 2.75 bits per heavy atom. The van der Waals surface area contributed by atoms with Crippen LogP contribution in [0.5, 0.6) is 5.75 Å². The van der Waals surface area contributed by atoms with Gasteiger partial charge in [0.15, 0.2) is 5.76 Å². The van der Waals surface area contributed by atoms with Gasteiger partial charge >= 0.3 is 0 Å². The van der Waals surface area contributed by atoms with Crippen LogP contribution < -0.4 is 10.1 Å². The molecule has 0 spiro atoms. The van der Waals surface area contributed by atoms with E-state index in [2.05, 4.69) is 10.4 Å². The van der Waals surface area contributed by atoms with Crippen LogP contribution in [0, 0.1) is 5.82 Å². The van der Waals surface area contributed by atoms with Gasteiger partial charge in [0.25, 0.3) is 5.91 Å². The summed E-state index contributed by atoms with van der Waals surface area (Å²) in [5, 5.41) is 7.98. The molecule has 0 saturated carbocycles. The molecule has 0 unspecified atom stereocenters. The molecule has 0 bridgehead atoms. The number of furan rings is 1. The summed E-state index contributed by atoms with van der Waals surface area (Å²) < 4.78 is 26.6. The van der Waals surface area contributed by atoms with Gasteiger partial charge < -0.3 is 14.5 Å². The molecule has 2 aromatic heterocycles.